The molecule has 0 aliphatic rings. The Balaban J connectivity index is 2.55. The standard InChI is InChI=1S/C14H10ClF3/c1-9-4-2-7-12(13(9)15)10-5-3-6-11(8-10)14(16,17)18/h2-8H,1H3. The first-order chi connectivity index (χ1) is 8.39. The molecule has 0 radical (unpaired) electrons. The van der Waals surface area contributed by atoms with Gasteiger partial charge in [0.2, 0.25) is 0 Å². The molecule has 2 rings (SSSR count). The number of alkyl halides is 3. The fourth-order valence-corrected chi connectivity index (χ4v) is 1.97. The van der Waals surface area contributed by atoms with Gasteiger partial charge in [0.15, 0.2) is 0 Å². The molecule has 2 aromatic carbocycles. The Bertz CT molecular complexity index is 573. The third kappa shape index (κ3) is 2.51. The number of rotatable bonds is 1. The van der Waals surface area contributed by atoms with Crippen LogP contribution in [0.3, 0.4) is 0 Å². The van der Waals surface area contributed by atoms with E-state index in [4.69, 9.17) is 11.6 Å². The minimum atomic E-state index is -4.34. The van der Waals surface area contributed by atoms with Gasteiger partial charge in [0.05, 0.1) is 10.6 Å². The first-order valence-electron chi connectivity index (χ1n) is 5.32. The number of halogens is 4. The zero-order chi connectivity index (χ0) is 13.3. The Labute approximate surface area is 108 Å². The average molecular weight is 271 g/mol. The molecule has 0 heterocycles. The molecule has 94 valence electrons. The van der Waals surface area contributed by atoms with Crippen LogP contribution in [-0.4, -0.2) is 0 Å². The molecule has 0 amide bonds. The molecule has 0 unspecified atom stereocenters. The first-order valence-corrected chi connectivity index (χ1v) is 5.70. The van der Waals surface area contributed by atoms with E-state index in [1.54, 1.807) is 18.2 Å². The lowest BCUT2D eigenvalue weighted by Crippen LogP contribution is -2.04. The minimum absolute atomic E-state index is 0.471. The largest absolute Gasteiger partial charge is 0.416 e. The predicted octanol–water partition coefficient (Wildman–Crippen LogP) is 5.33. The lowest BCUT2D eigenvalue weighted by Gasteiger charge is -2.10. The summed E-state index contributed by atoms with van der Waals surface area (Å²) < 4.78 is 37.9. The molecule has 0 bridgehead atoms. The Morgan fingerprint density at radius 3 is 2.33 bits per heavy atom. The Hall–Kier alpha value is -1.48. The van der Waals surface area contributed by atoms with Crippen molar-refractivity contribution in [2.75, 3.05) is 0 Å². The summed E-state index contributed by atoms with van der Waals surface area (Å²) in [5, 5.41) is 0.483. The summed E-state index contributed by atoms with van der Waals surface area (Å²) in [7, 11) is 0. The summed E-state index contributed by atoms with van der Waals surface area (Å²) in [4.78, 5) is 0. The van der Waals surface area contributed by atoms with Crippen molar-refractivity contribution in [1.29, 1.82) is 0 Å². The monoisotopic (exact) mass is 270 g/mol. The van der Waals surface area contributed by atoms with Crippen molar-refractivity contribution in [3.05, 3.63) is 58.6 Å². The Morgan fingerprint density at radius 2 is 1.67 bits per heavy atom. The van der Waals surface area contributed by atoms with Gasteiger partial charge in [-0.2, -0.15) is 13.2 Å². The first kappa shape index (κ1) is 13.0. The van der Waals surface area contributed by atoms with Crippen molar-refractivity contribution in [1.82, 2.24) is 0 Å². The maximum atomic E-state index is 12.6. The van der Waals surface area contributed by atoms with Crippen molar-refractivity contribution in [3.8, 4) is 11.1 Å². The zero-order valence-corrected chi connectivity index (χ0v) is 10.3. The van der Waals surface area contributed by atoms with Gasteiger partial charge in [0, 0.05) is 5.56 Å². The number of hydrogen-bond donors (Lipinski definition) is 0. The average Bonchev–Trinajstić information content (AvgIpc) is 2.32. The maximum absolute atomic E-state index is 12.6. The molecule has 0 N–H and O–H groups in total. The van der Waals surface area contributed by atoms with Gasteiger partial charge >= 0.3 is 6.18 Å². The summed E-state index contributed by atoms with van der Waals surface area (Å²) in [6, 6.07) is 10.5. The van der Waals surface area contributed by atoms with Gasteiger partial charge in [-0.3, -0.25) is 0 Å². The lowest BCUT2D eigenvalue weighted by molar-refractivity contribution is -0.137. The van der Waals surface area contributed by atoms with Gasteiger partial charge in [-0.15, -0.1) is 0 Å². The van der Waals surface area contributed by atoms with E-state index in [9.17, 15) is 13.2 Å². The van der Waals surface area contributed by atoms with Crippen molar-refractivity contribution >= 4 is 11.6 Å². The molecule has 0 saturated carbocycles. The normalized spacial score (nSPS) is 11.6. The molecule has 2 aromatic rings. The van der Waals surface area contributed by atoms with Crippen LogP contribution in [0.4, 0.5) is 13.2 Å². The van der Waals surface area contributed by atoms with Crippen LogP contribution in [-0.2, 0) is 6.18 Å². The van der Waals surface area contributed by atoms with Crippen LogP contribution in [0.5, 0.6) is 0 Å². The molecule has 0 aliphatic carbocycles. The summed E-state index contributed by atoms with van der Waals surface area (Å²) in [6.45, 7) is 1.82. The fourth-order valence-electron chi connectivity index (χ4n) is 1.73. The number of benzene rings is 2. The van der Waals surface area contributed by atoms with Crippen LogP contribution in [0.25, 0.3) is 11.1 Å². The molecule has 0 spiro atoms. The molecular formula is C14H10ClF3. The SMILES string of the molecule is Cc1cccc(-c2cccc(C(F)(F)F)c2)c1Cl. The molecule has 0 aliphatic heterocycles. The Morgan fingerprint density at radius 1 is 1.00 bits per heavy atom. The number of aryl methyl sites for hydroxylation is 1. The summed E-state index contributed by atoms with van der Waals surface area (Å²) >= 11 is 6.11. The van der Waals surface area contributed by atoms with Gasteiger partial charge in [-0.1, -0.05) is 41.9 Å². The molecular weight excluding hydrogens is 261 g/mol. The summed E-state index contributed by atoms with van der Waals surface area (Å²) in [5.74, 6) is 0. The van der Waals surface area contributed by atoms with Crippen LogP contribution >= 0.6 is 11.6 Å². The van der Waals surface area contributed by atoms with Crippen molar-refractivity contribution in [2.24, 2.45) is 0 Å². The second-order valence-electron chi connectivity index (χ2n) is 4.02. The van der Waals surface area contributed by atoms with Crippen LogP contribution in [0.15, 0.2) is 42.5 Å². The molecule has 0 aromatic heterocycles. The molecule has 4 heteroatoms. The smallest absolute Gasteiger partial charge is 0.166 e. The Kier molecular flexibility index (Phi) is 3.35. The van der Waals surface area contributed by atoms with E-state index in [1.807, 2.05) is 13.0 Å². The van der Waals surface area contributed by atoms with Crippen LogP contribution < -0.4 is 0 Å². The topological polar surface area (TPSA) is 0 Å². The minimum Gasteiger partial charge on any atom is -0.166 e. The highest BCUT2D eigenvalue weighted by atomic mass is 35.5. The highest BCUT2D eigenvalue weighted by molar-refractivity contribution is 6.34. The maximum Gasteiger partial charge on any atom is 0.416 e. The summed E-state index contributed by atoms with van der Waals surface area (Å²) in [6.07, 6.45) is -4.34. The molecule has 0 nitrogen and oxygen atoms in total. The highest BCUT2D eigenvalue weighted by Crippen LogP contribution is 2.35. The van der Waals surface area contributed by atoms with Gasteiger partial charge in [-0.25, -0.2) is 0 Å². The van der Waals surface area contributed by atoms with Crippen molar-refractivity contribution in [2.45, 2.75) is 13.1 Å². The third-order valence-corrected chi connectivity index (χ3v) is 3.19. The van der Waals surface area contributed by atoms with Gasteiger partial charge in [-0.05, 0) is 30.2 Å². The van der Waals surface area contributed by atoms with Gasteiger partial charge < -0.3 is 0 Å². The van der Waals surface area contributed by atoms with Crippen molar-refractivity contribution < 1.29 is 13.2 Å². The lowest BCUT2D eigenvalue weighted by atomic mass is 10.0. The third-order valence-electron chi connectivity index (χ3n) is 2.69. The predicted molar refractivity (Wildman–Crippen MR) is 66.6 cm³/mol. The van der Waals surface area contributed by atoms with E-state index in [-0.39, 0.29) is 0 Å². The van der Waals surface area contributed by atoms with Gasteiger partial charge in [0.1, 0.15) is 0 Å². The van der Waals surface area contributed by atoms with E-state index >= 15 is 0 Å². The van der Waals surface area contributed by atoms with Crippen molar-refractivity contribution in [3.63, 3.8) is 0 Å². The van der Waals surface area contributed by atoms with Crippen LogP contribution in [0.1, 0.15) is 11.1 Å². The van der Waals surface area contributed by atoms with E-state index in [0.717, 1.165) is 17.7 Å². The van der Waals surface area contributed by atoms with Gasteiger partial charge in [0.25, 0.3) is 0 Å². The second kappa shape index (κ2) is 4.65. The number of hydrogen-bond acceptors (Lipinski definition) is 0. The second-order valence-corrected chi connectivity index (χ2v) is 4.39. The van der Waals surface area contributed by atoms with Crippen LogP contribution in [0.2, 0.25) is 5.02 Å². The zero-order valence-electron chi connectivity index (χ0n) is 9.55. The highest BCUT2D eigenvalue weighted by Gasteiger charge is 2.30. The van der Waals surface area contributed by atoms with Crippen LogP contribution in [0, 0.1) is 6.92 Å². The molecule has 0 fully saturated rings. The molecule has 0 atom stereocenters. The van der Waals surface area contributed by atoms with E-state index in [2.05, 4.69) is 0 Å². The molecule has 18 heavy (non-hydrogen) atoms. The summed E-state index contributed by atoms with van der Waals surface area (Å²) in [5.41, 5.74) is 1.26. The van der Waals surface area contributed by atoms with E-state index < -0.39 is 11.7 Å². The van der Waals surface area contributed by atoms with E-state index in [1.165, 1.54) is 6.07 Å². The fraction of sp³-hybridized carbons (Fsp3) is 0.143. The molecule has 0 saturated heterocycles. The quantitative estimate of drug-likeness (QED) is 0.657. The van der Waals surface area contributed by atoms with E-state index in [0.29, 0.717) is 16.1 Å².